The highest BCUT2D eigenvalue weighted by Crippen LogP contribution is 2.10. The molecule has 0 bridgehead atoms. The number of carbonyl (C=O) groups is 1. The predicted molar refractivity (Wildman–Crippen MR) is 78.0 cm³/mol. The van der Waals surface area contributed by atoms with Crippen molar-refractivity contribution in [1.29, 1.82) is 0 Å². The molecule has 1 amide bonds. The number of aliphatic hydroxyl groups is 1. The van der Waals surface area contributed by atoms with E-state index >= 15 is 0 Å². The van der Waals surface area contributed by atoms with E-state index in [2.05, 4.69) is 10.6 Å². The maximum absolute atomic E-state index is 13.0. The number of hydrogen-bond acceptors (Lipinski definition) is 3. The van der Waals surface area contributed by atoms with Crippen LogP contribution in [0, 0.1) is 11.7 Å². The minimum absolute atomic E-state index is 0.0321. The lowest BCUT2D eigenvalue weighted by Gasteiger charge is -2.17. The van der Waals surface area contributed by atoms with Crippen LogP contribution in [0.1, 0.15) is 26.7 Å². The largest absolute Gasteiger partial charge is 0.396 e. The van der Waals surface area contributed by atoms with Crippen LogP contribution < -0.4 is 10.6 Å². The second-order valence-electron chi connectivity index (χ2n) is 5.19. The first-order valence-corrected chi connectivity index (χ1v) is 6.91. The van der Waals surface area contributed by atoms with Crippen LogP contribution in [0.5, 0.6) is 0 Å². The number of rotatable bonds is 8. The van der Waals surface area contributed by atoms with Crippen molar-refractivity contribution in [2.75, 3.05) is 18.5 Å². The van der Waals surface area contributed by atoms with E-state index < -0.39 is 0 Å². The Hall–Kier alpha value is -1.46. The molecule has 0 aliphatic rings. The van der Waals surface area contributed by atoms with E-state index in [9.17, 15) is 9.18 Å². The van der Waals surface area contributed by atoms with Crippen LogP contribution >= 0.6 is 0 Å². The Bertz CT molecular complexity index is 426. The van der Waals surface area contributed by atoms with Crippen LogP contribution in [0.4, 0.5) is 10.1 Å². The molecule has 0 saturated heterocycles. The molecule has 1 aromatic carbocycles. The summed E-state index contributed by atoms with van der Waals surface area (Å²) in [4.78, 5) is 11.8. The van der Waals surface area contributed by atoms with Gasteiger partial charge in [-0.3, -0.25) is 4.79 Å². The highest BCUT2D eigenvalue weighted by molar-refractivity contribution is 5.91. The van der Waals surface area contributed by atoms with Crippen molar-refractivity contribution in [2.45, 2.75) is 32.7 Å². The minimum atomic E-state index is -0.369. The zero-order valence-electron chi connectivity index (χ0n) is 12.0. The number of benzene rings is 1. The van der Waals surface area contributed by atoms with Gasteiger partial charge in [-0.25, -0.2) is 4.39 Å². The van der Waals surface area contributed by atoms with E-state index in [0.717, 1.165) is 13.0 Å². The first kappa shape index (κ1) is 16.6. The second kappa shape index (κ2) is 8.66. The van der Waals surface area contributed by atoms with Crippen molar-refractivity contribution >= 4 is 11.6 Å². The van der Waals surface area contributed by atoms with Gasteiger partial charge in [-0.15, -0.1) is 0 Å². The fraction of sp³-hybridized carbons (Fsp3) is 0.533. The smallest absolute Gasteiger partial charge is 0.225 e. The Balaban J connectivity index is 2.31. The van der Waals surface area contributed by atoms with Crippen molar-refractivity contribution in [3.63, 3.8) is 0 Å². The molecule has 1 aromatic rings. The summed E-state index contributed by atoms with van der Waals surface area (Å²) in [5.74, 6) is -0.147. The first-order chi connectivity index (χ1) is 9.51. The summed E-state index contributed by atoms with van der Waals surface area (Å²) in [5, 5.41) is 14.7. The summed E-state index contributed by atoms with van der Waals surface area (Å²) in [6.07, 6.45) is 1.07. The molecule has 1 rings (SSSR count). The zero-order valence-corrected chi connectivity index (χ0v) is 12.0. The van der Waals surface area contributed by atoms with Crippen LogP contribution in [0.3, 0.4) is 0 Å². The third kappa shape index (κ3) is 6.63. The van der Waals surface area contributed by atoms with Gasteiger partial charge >= 0.3 is 0 Å². The Morgan fingerprint density at radius 3 is 2.80 bits per heavy atom. The van der Waals surface area contributed by atoms with Gasteiger partial charge in [0.25, 0.3) is 0 Å². The molecule has 0 saturated carbocycles. The molecular weight excluding hydrogens is 259 g/mol. The molecule has 0 spiro atoms. The van der Waals surface area contributed by atoms with Crippen LogP contribution in [-0.4, -0.2) is 30.2 Å². The Labute approximate surface area is 119 Å². The van der Waals surface area contributed by atoms with Crippen molar-refractivity contribution < 1.29 is 14.3 Å². The lowest BCUT2D eigenvalue weighted by Crippen LogP contribution is -2.33. The fourth-order valence-corrected chi connectivity index (χ4v) is 1.85. The number of nitrogens with one attached hydrogen (secondary N) is 2. The number of amides is 1. The average molecular weight is 282 g/mol. The van der Waals surface area contributed by atoms with Crippen LogP contribution in [0.25, 0.3) is 0 Å². The molecule has 4 nitrogen and oxygen atoms in total. The van der Waals surface area contributed by atoms with Gasteiger partial charge in [0, 0.05) is 24.8 Å². The summed E-state index contributed by atoms with van der Waals surface area (Å²) in [6, 6.07) is 5.87. The maximum Gasteiger partial charge on any atom is 0.225 e. The third-order valence-electron chi connectivity index (χ3n) is 3.04. The number of carbonyl (C=O) groups excluding carboxylic acids is 1. The van der Waals surface area contributed by atoms with Crippen molar-refractivity contribution in [3.05, 3.63) is 30.1 Å². The van der Waals surface area contributed by atoms with Gasteiger partial charge in [0.15, 0.2) is 0 Å². The molecule has 0 fully saturated rings. The monoisotopic (exact) mass is 282 g/mol. The molecule has 20 heavy (non-hydrogen) atoms. The topological polar surface area (TPSA) is 61.4 Å². The summed E-state index contributed by atoms with van der Waals surface area (Å²) in [5.41, 5.74) is 0.468. The number of hydrogen-bond donors (Lipinski definition) is 3. The average Bonchev–Trinajstić information content (AvgIpc) is 2.36. The summed E-state index contributed by atoms with van der Waals surface area (Å²) in [7, 11) is 0. The molecule has 0 aromatic heterocycles. The van der Waals surface area contributed by atoms with Gasteiger partial charge in [-0.2, -0.15) is 0 Å². The second-order valence-corrected chi connectivity index (χ2v) is 5.19. The van der Waals surface area contributed by atoms with Crippen molar-refractivity contribution in [1.82, 2.24) is 5.32 Å². The van der Waals surface area contributed by atoms with Gasteiger partial charge < -0.3 is 15.7 Å². The maximum atomic E-state index is 13.0. The summed E-state index contributed by atoms with van der Waals surface area (Å²) < 4.78 is 13.0. The van der Waals surface area contributed by atoms with E-state index in [1.807, 2.05) is 13.8 Å². The van der Waals surface area contributed by atoms with E-state index in [1.165, 1.54) is 12.1 Å². The molecule has 3 N–H and O–H groups in total. The van der Waals surface area contributed by atoms with Gasteiger partial charge in [0.2, 0.25) is 5.91 Å². The van der Waals surface area contributed by atoms with E-state index in [0.29, 0.717) is 18.0 Å². The Morgan fingerprint density at radius 2 is 2.15 bits per heavy atom. The van der Waals surface area contributed by atoms with Gasteiger partial charge in [-0.1, -0.05) is 13.0 Å². The normalized spacial score (nSPS) is 13.8. The van der Waals surface area contributed by atoms with E-state index in [4.69, 9.17) is 5.11 Å². The Kier molecular flexibility index (Phi) is 7.18. The lowest BCUT2D eigenvalue weighted by molar-refractivity contribution is -0.116. The zero-order chi connectivity index (χ0) is 15.0. The Morgan fingerprint density at radius 1 is 1.40 bits per heavy atom. The third-order valence-corrected chi connectivity index (χ3v) is 3.04. The molecule has 0 aliphatic carbocycles. The highest BCUT2D eigenvalue weighted by Gasteiger charge is 2.10. The fourth-order valence-electron chi connectivity index (χ4n) is 1.85. The standard InChI is InChI=1S/C15H23FN2O2/c1-11(6-7-19)10-17-12(2)8-15(20)18-14-5-3-4-13(16)9-14/h3-5,9,11-12,17,19H,6-8,10H2,1-2H3,(H,18,20). The van der Waals surface area contributed by atoms with Gasteiger partial charge in [0.1, 0.15) is 5.82 Å². The van der Waals surface area contributed by atoms with Crippen LogP contribution in [0.2, 0.25) is 0 Å². The number of halogens is 1. The van der Waals surface area contributed by atoms with E-state index in [-0.39, 0.29) is 24.4 Å². The number of aliphatic hydroxyl groups excluding tert-OH is 1. The molecule has 5 heteroatoms. The molecule has 112 valence electrons. The quantitative estimate of drug-likeness (QED) is 0.684. The summed E-state index contributed by atoms with van der Waals surface area (Å²) >= 11 is 0. The summed E-state index contributed by atoms with van der Waals surface area (Å²) in [6.45, 7) is 4.91. The predicted octanol–water partition coefficient (Wildman–Crippen LogP) is 2.15. The minimum Gasteiger partial charge on any atom is -0.396 e. The van der Waals surface area contributed by atoms with Gasteiger partial charge in [0.05, 0.1) is 0 Å². The van der Waals surface area contributed by atoms with E-state index in [1.54, 1.807) is 12.1 Å². The molecule has 0 radical (unpaired) electrons. The number of anilines is 1. The van der Waals surface area contributed by atoms with Crippen LogP contribution in [-0.2, 0) is 4.79 Å². The van der Waals surface area contributed by atoms with Crippen molar-refractivity contribution in [2.24, 2.45) is 5.92 Å². The molecule has 0 heterocycles. The first-order valence-electron chi connectivity index (χ1n) is 6.91. The lowest BCUT2D eigenvalue weighted by atomic mass is 10.1. The highest BCUT2D eigenvalue weighted by atomic mass is 19.1. The SMILES string of the molecule is CC(CCO)CNC(C)CC(=O)Nc1cccc(F)c1. The van der Waals surface area contributed by atoms with Crippen molar-refractivity contribution in [3.8, 4) is 0 Å². The molecule has 0 aliphatic heterocycles. The molecule has 2 atom stereocenters. The molecule has 2 unspecified atom stereocenters. The van der Waals surface area contributed by atoms with Gasteiger partial charge in [-0.05, 0) is 44.0 Å². The molecular formula is C15H23FN2O2. The van der Waals surface area contributed by atoms with Crippen LogP contribution in [0.15, 0.2) is 24.3 Å².